The molecule has 5 nitrogen and oxygen atoms in total. The van der Waals surface area contributed by atoms with E-state index in [2.05, 4.69) is 11.4 Å². The van der Waals surface area contributed by atoms with Gasteiger partial charge in [-0.05, 0) is 54.3 Å². The highest BCUT2D eigenvalue weighted by molar-refractivity contribution is 6.10. The molecule has 0 aliphatic carbocycles. The number of rotatable bonds is 8. The van der Waals surface area contributed by atoms with Crippen LogP contribution in [-0.4, -0.2) is 13.0 Å². The molecule has 0 aromatic heterocycles. The number of ether oxygens (including phenoxy) is 2. The van der Waals surface area contributed by atoms with E-state index < -0.39 is 5.91 Å². The van der Waals surface area contributed by atoms with Crippen molar-refractivity contribution < 1.29 is 14.3 Å². The van der Waals surface area contributed by atoms with Gasteiger partial charge in [-0.2, -0.15) is 5.26 Å². The Kier molecular flexibility index (Phi) is 7.66. The molecule has 0 saturated carbocycles. The third-order valence-electron chi connectivity index (χ3n) is 4.99. The van der Waals surface area contributed by atoms with Crippen molar-refractivity contribution in [3.63, 3.8) is 0 Å². The van der Waals surface area contributed by atoms with Crippen LogP contribution < -0.4 is 14.8 Å². The molecule has 1 N–H and O–H groups in total. The number of aryl methyl sites for hydroxylation is 2. The highest BCUT2D eigenvalue weighted by Gasteiger charge is 2.13. The Morgan fingerprint density at radius 3 is 2.59 bits per heavy atom. The molecule has 0 radical (unpaired) electrons. The van der Waals surface area contributed by atoms with Crippen LogP contribution in [0.25, 0.3) is 6.08 Å². The van der Waals surface area contributed by atoms with Crippen molar-refractivity contribution in [2.75, 3.05) is 12.4 Å². The number of para-hydroxylation sites is 1. The van der Waals surface area contributed by atoms with Crippen LogP contribution in [-0.2, 0) is 17.8 Å². The summed E-state index contributed by atoms with van der Waals surface area (Å²) >= 11 is 0. The summed E-state index contributed by atoms with van der Waals surface area (Å²) in [5.41, 5.74) is 4.62. The molecule has 0 unspecified atom stereocenters. The first-order valence-corrected chi connectivity index (χ1v) is 10.4. The highest BCUT2D eigenvalue weighted by Crippen LogP contribution is 2.30. The number of nitriles is 1. The Balaban J connectivity index is 1.77. The van der Waals surface area contributed by atoms with Crippen LogP contribution in [0.1, 0.15) is 29.2 Å². The summed E-state index contributed by atoms with van der Waals surface area (Å²) in [5.74, 6) is 0.665. The number of methoxy groups -OCH3 is 1. The van der Waals surface area contributed by atoms with E-state index >= 15 is 0 Å². The quantitative estimate of drug-likeness (QED) is 0.371. The first kappa shape index (κ1) is 22.6. The normalized spacial score (nSPS) is 10.9. The molecule has 3 rings (SSSR count). The summed E-state index contributed by atoms with van der Waals surface area (Å²) in [7, 11) is 1.56. The van der Waals surface area contributed by atoms with Gasteiger partial charge in [0, 0.05) is 5.69 Å². The van der Waals surface area contributed by atoms with Gasteiger partial charge in [-0.25, -0.2) is 0 Å². The minimum absolute atomic E-state index is 0.00592. The van der Waals surface area contributed by atoms with Crippen molar-refractivity contribution in [1.29, 1.82) is 5.26 Å². The molecule has 0 fully saturated rings. The molecule has 0 aliphatic rings. The number of amides is 1. The fourth-order valence-corrected chi connectivity index (χ4v) is 3.31. The van der Waals surface area contributed by atoms with E-state index in [0.29, 0.717) is 29.4 Å². The smallest absolute Gasteiger partial charge is 0.266 e. The zero-order chi connectivity index (χ0) is 22.9. The van der Waals surface area contributed by atoms with Gasteiger partial charge in [-0.15, -0.1) is 0 Å². The monoisotopic (exact) mass is 426 g/mol. The Morgan fingerprint density at radius 2 is 1.88 bits per heavy atom. The summed E-state index contributed by atoms with van der Waals surface area (Å²) in [6.45, 7) is 4.46. The Bertz CT molecular complexity index is 1180. The average molecular weight is 427 g/mol. The molecule has 3 aromatic carbocycles. The number of hydrogen-bond donors (Lipinski definition) is 1. The summed E-state index contributed by atoms with van der Waals surface area (Å²) < 4.78 is 11.4. The number of benzene rings is 3. The Labute approximate surface area is 188 Å². The summed E-state index contributed by atoms with van der Waals surface area (Å²) in [4.78, 5) is 12.7. The lowest BCUT2D eigenvalue weighted by Gasteiger charge is -2.12. The number of nitrogens with zero attached hydrogens (tertiary/aromatic N) is 1. The van der Waals surface area contributed by atoms with Crippen LogP contribution in [0.4, 0.5) is 5.69 Å². The number of carbonyl (C=O) groups is 1. The summed E-state index contributed by atoms with van der Waals surface area (Å²) in [6.07, 6.45) is 2.32. The van der Waals surface area contributed by atoms with Gasteiger partial charge in [0.25, 0.3) is 5.91 Å². The van der Waals surface area contributed by atoms with Crippen molar-refractivity contribution in [3.05, 3.63) is 94.6 Å². The van der Waals surface area contributed by atoms with E-state index in [4.69, 9.17) is 9.47 Å². The second-order valence-electron chi connectivity index (χ2n) is 7.32. The predicted octanol–water partition coefficient (Wildman–Crippen LogP) is 5.69. The van der Waals surface area contributed by atoms with Crippen LogP contribution in [0.5, 0.6) is 11.5 Å². The van der Waals surface area contributed by atoms with Crippen molar-refractivity contribution >= 4 is 17.7 Å². The SMILES string of the molecule is CCc1ccccc1NC(=O)/C(C#N)=C/c1ccc(OCc2cccc(C)c2)c(OC)c1. The Hall–Kier alpha value is -4.04. The van der Waals surface area contributed by atoms with Crippen LogP contribution in [0.15, 0.2) is 72.3 Å². The second kappa shape index (κ2) is 10.8. The second-order valence-corrected chi connectivity index (χ2v) is 7.32. The number of carbonyl (C=O) groups excluding carboxylic acids is 1. The largest absolute Gasteiger partial charge is 0.493 e. The van der Waals surface area contributed by atoms with Gasteiger partial charge in [-0.3, -0.25) is 4.79 Å². The van der Waals surface area contributed by atoms with E-state index in [-0.39, 0.29) is 5.57 Å². The molecule has 0 aliphatic heterocycles. The number of anilines is 1. The lowest BCUT2D eigenvalue weighted by atomic mass is 10.1. The molecule has 0 atom stereocenters. The molecular weight excluding hydrogens is 400 g/mol. The van der Waals surface area contributed by atoms with Crippen molar-refractivity contribution in [3.8, 4) is 17.6 Å². The molecule has 5 heteroatoms. The van der Waals surface area contributed by atoms with Gasteiger partial charge >= 0.3 is 0 Å². The van der Waals surface area contributed by atoms with E-state index in [0.717, 1.165) is 17.5 Å². The molecular formula is C27H26N2O3. The zero-order valence-electron chi connectivity index (χ0n) is 18.5. The van der Waals surface area contributed by atoms with Crippen LogP contribution in [0.2, 0.25) is 0 Å². The van der Waals surface area contributed by atoms with Crippen LogP contribution >= 0.6 is 0 Å². The van der Waals surface area contributed by atoms with Crippen molar-refractivity contribution in [2.24, 2.45) is 0 Å². The van der Waals surface area contributed by atoms with Gasteiger partial charge in [0.15, 0.2) is 11.5 Å². The van der Waals surface area contributed by atoms with Crippen molar-refractivity contribution in [2.45, 2.75) is 26.9 Å². The van der Waals surface area contributed by atoms with Gasteiger partial charge < -0.3 is 14.8 Å². The average Bonchev–Trinajstić information content (AvgIpc) is 2.81. The number of nitrogens with one attached hydrogen (secondary N) is 1. The number of hydrogen-bond acceptors (Lipinski definition) is 4. The van der Waals surface area contributed by atoms with Gasteiger partial charge in [-0.1, -0.05) is 61.0 Å². The molecule has 162 valence electrons. The fourth-order valence-electron chi connectivity index (χ4n) is 3.31. The van der Waals surface area contributed by atoms with Crippen LogP contribution in [0.3, 0.4) is 0 Å². The first-order valence-electron chi connectivity index (χ1n) is 10.4. The maximum Gasteiger partial charge on any atom is 0.266 e. The van der Waals surface area contributed by atoms with Crippen molar-refractivity contribution in [1.82, 2.24) is 0 Å². The van der Waals surface area contributed by atoms with Crippen LogP contribution in [0, 0.1) is 18.3 Å². The molecule has 3 aromatic rings. The van der Waals surface area contributed by atoms with Gasteiger partial charge in [0.05, 0.1) is 7.11 Å². The summed E-state index contributed by atoms with van der Waals surface area (Å²) in [6, 6.07) is 23.0. The molecule has 0 bridgehead atoms. The maximum absolute atomic E-state index is 12.7. The minimum atomic E-state index is -0.452. The third-order valence-corrected chi connectivity index (χ3v) is 4.99. The standard InChI is InChI=1S/C27H26N2O3/c1-4-22-10-5-6-11-24(22)29-27(30)23(17-28)15-20-12-13-25(26(16-20)31-3)32-18-21-9-7-8-19(2)14-21/h5-16H,4,18H2,1-3H3,(H,29,30)/b23-15+. The van der Waals surface area contributed by atoms with E-state index in [1.807, 2.05) is 62.4 Å². The topological polar surface area (TPSA) is 71.4 Å². The molecule has 32 heavy (non-hydrogen) atoms. The van der Waals surface area contributed by atoms with Gasteiger partial charge in [0.2, 0.25) is 0 Å². The highest BCUT2D eigenvalue weighted by atomic mass is 16.5. The zero-order valence-corrected chi connectivity index (χ0v) is 18.5. The lowest BCUT2D eigenvalue weighted by molar-refractivity contribution is -0.112. The molecule has 1 amide bonds. The third kappa shape index (κ3) is 5.77. The fraction of sp³-hybridized carbons (Fsp3) is 0.185. The Morgan fingerprint density at radius 1 is 1.06 bits per heavy atom. The predicted molar refractivity (Wildman–Crippen MR) is 127 cm³/mol. The first-order chi connectivity index (χ1) is 15.5. The lowest BCUT2D eigenvalue weighted by Crippen LogP contribution is -2.14. The minimum Gasteiger partial charge on any atom is -0.493 e. The van der Waals surface area contributed by atoms with E-state index in [1.165, 1.54) is 11.6 Å². The summed E-state index contributed by atoms with van der Waals surface area (Å²) in [5, 5.41) is 12.4. The molecule has 0 spiro atoms. The molecule has 0 heterocycles. The molecule has 0 saturated heterocycles. The van der Waals surface area contributed by atoms with E-state index in [9.17, 15) is 10.1 Å². The van der Waals surface area contributed by atoms with Gasteiger partial charge in [0.1, 0.15) is 18.2 Å². The maximum atomic E-state index is 12.7. The van der Waals surface area contributed by atoms with E-state index in [1.54, 1.807) is 25.3 Å².